The van der Waals surface area contributed by atoms with Crippen molar-refractivity contribution in [3.05, 3.63) is 106 Å². The lowest BCUT2D eigenvalue weighted by Gasteiger charge is -2.21. The van der Waals surface area contributed by atoms with Gasteiger partial charge in [-0.1, -0.05) is 60.2 Å². The number of ketones is 1. The third kappa shape index (κ3) is 5.07. The molecule has 30 heavy (non-hydrogen) atoms. The molecule has 154 valence electrons. The molecule has 0 fully saturated rings. The van der Waals surface area contributed by atoms with Crippen molar-refractivity contribution in [2.24, 2.45) is 0 Å². The molecule has 0 aliphatic carbocycles. The largest absolute Gasteiger partial charge is 0.378 e. The highest BCUT2D eigenvalue weighted by Crippen LogP contribution is 2.40. The Morgan fingerprint density at radius 1 is 0.933 bits per heavy atom. The molecule has 0 aliphatic heterocycles. The average Bonchev–Trinajstić information content (AvgIpc) is 2.75. The van der Waals surface area contributed by atoms with E-state index in [1.165, 1.54) is 11.8 Å². The molecule has 6 heteroatoms. The summed E-state index contributed by atoms with van der Waals surface area (Å²) in [6, 6.07) is 22.5. The van der Waals surface area contributed by atoms with Gasteiger partial charge in [-0.2, -0.15) is 0 Å². The number of hydrogen-bond acceptors (Lipinski definition) is 5. The molecule has 0 aliphatic rings. The van der Waals surface area contributed by atoms with Crippen LogP contribution >= 0.6 is 11.8 Å². The quantitative estimate of drug-likeness (QED) is 0.211. The van der Waals surface area contributed by atoms with Gasteiger partial charge in [-0.3, -0.25) is 14.9 Å². The molecule has 5 nitrogen and oxygen atoms in total. The van der Waals surface area contributed by atoms with E-state index in [4.69, 9.17) is 0 Å². The molecule has 0 bridgehead atoms. The Balaban J connectivity index is 2.04. The van der Waals surface area contributed by atoms with Crippen molar-refractivity contribution in [3.63, 3.8) is 0 Å². The number of anilines is 1. The van der Waals surface area contributed by atoms with E-state index in [2.05, 4.69) is 0 Å². The van der Waals surface area contributed by atoms with Crippen molar-refractivity contribution >= 4 is 23.2 Å². The number of carbonyl (C=O) groups is 1. The summed E-state index contributed by atoms with van der Waals surface area (Å²) in [6.07, 6.45) is 0. The average molecular weight is 421 g/mol. The number of nitrogens with zero attached hydrogens (tertiary/aromatic N) is 2. The molecule has 0 saturated carbocycles. The van der Waals surface area contributed by atoms with Crippen LogP contribution in [0.15, 0.2) is 83.8 Å². The Morgan fingerprint density at radius 2 is 1.53 bits per heavy atom. The monoisotopic (exact) mass is 420 g/mol. The molecule has 0 saturated heterocycles. The van der Waals surface area contributed by atoms with Crippen molar-refractivity contribution in [2.75, 3.05) is 19.0 Å². The van der Waals surface area contributed by atoms with Crippen LogP contribution in [0.5, 0.6) is 0 Å². The van der Waals surface area contributed by atoms with Gasteiger partial charge in [0.15, 0.2) is 0 Å². The second-order valence-electron chi connectivity index (χ2n) is 7.30. The zero-order valence-corrected chi connectivity index (χ0v) is 18.0. The van der Waals surface area contributed by atoms with E-state index < -0.39 is 22.0 Å². The number of rotatable bonds is 8. The third-order valence-corrected chi connectivity index (χ3v) is 6.19. The lowest BCUT2D eigenvalue weighted by Crippen LogP contribution is -2.34. The van der Waals surface area contributed by atoms with Crippen molar-refractivity contribution in [1.82, 2.24) is 0 Å². The smallest absolute Gasteiger partial charge is 0.290 e. The molecule has 0 amide bonds. The fourth-order valence-electron chi connectivity index (χ4n) is 3.16. The van der Waals surface area contributed by atoms with E-state index in [1.54, 1.807) is 30.3 Å². The van der Waals surface area contributed by atoms with Crippen molar-refractivity contribution < 1.29 is 9.72 Å². The van der Waals surface area contributed by atoms with Gasteiger partial charge in [0.05, 0.1) is 0 Å². The summed E-state index contributed by atoms with van der Waals surface area (Å²) in [6.45, 7) is 1.99. The van der Waals surface area contributed by atoms with Crippen LogP contribution in [0.25, 0.3) is 0 Å². The molecule has 0 heterocycles. The number of hydrogen-bond donors (Lipinski definition) is 0. The summed E-state index contributed by atoms with van der Waals surface area (Å²) < 4.78 is 0. The van der Waals surface area contributed by atoms with Gasteiger partial charge < -0.3 is 4.90 Å². The van der Waals surface area contributed by atoms with Crippen LogP contribution in [0.3, 0.4) is 0 Å². The number of aryl methyl sites for hydroxylation is 1. The minimum atomic E-state index is -1.40. The third-order valence-electron chi connectivity index (χ3n) is 4.86. The first-order valence-corrected chi connectivity index (χ1v) is 10.5. The molecule has 0 radical (unpaired) electrons. The standard InChI is InChI=1S/C24H24N2O3S/c1-17-9-15-21(16-10-17)30-24(19-11-13-20(14-12-19)25(2)3)22(26(28)29)23(27)18-7-5-4-6-8-18/h4-16,22,24H,1-3H3. The molecule has 0 N–H and O–H groups in total. The van der Waals surface area contributed by atoms with E-state index in [-0.39, 0.29) is 0 Å². The molecule has 3 aromatic rings. The van der Waals surface area contributed by atoms with E-state index in [9.17, 15) is 14.9 Å². The zero-order chi connectivity index (χ0) is 21.7. The van der Waals surface area contributed by atoms with E-state index in [0.717, 1.165) is 21.7 Å². The molecule has 0 spiro atoms. The molecule has 2 unspecified atom stereocenters. The lowest BCUT2D eigenvalue weighted by molar-refractivity contribution is -0.505. The van der Waals surface area contributed by atoms with Gasteiger partial charge in [0.25, 0.3) is 6.04 Å². The summed E-state index contributed by atoms with van der Waals surface area (Å²) >= 11 is 1.35. The Bertz CT molecular complexity index is 1000. The first-order chi connectivity index (χ1) is 14.4. The van der Waals surface area contributed by atoms with Gasteiger partial charge in [0.1, 0.15) is 5.25 Å². The first-order valence-electron chi connectivity index (χ1n) is 9.60. The van der Waals surface area contributed by atoms with Gasteiger partial charge in [0.2, 0.25) is 5.78 Å². The zero-order valence-electron chi connectivity index (χ0n) is 17.2. The molecule has 0 aromatic heterocycles. The molecular formula is C24H24N2O3S. The van der Waals surface area contributed by atoms with Crippen LogP contribution in [0.2, 0.25) is 0 Å². The molecular weight excluding hydrogens is 396 g/mol. The molecule has 2 atom stereocenters. The molecule has 3 aromatic carbocycles. The van der Waals surface area contributed by atoms with Crippen molar-refractivity contribution in [2.45, 2.75) is 23.1 Å². The Labute approximate surface area is 180 Å². The van der Waals surface area contributed by atoms with Crippen LogP contribution in [0, 0.1) is 17.0 Å². The first kappa shape index (κ1) is 21.6. The highest BCUT2D eigenvalue weighted by molar-refractivity contribution is 7.99. The van der Waals surface area contributed by atoms with Crippen LogP contribution in [-0.2, 0) is 0 Å². The summed E-state index contributed by atoms with van der Waals surface area (Å²) in [5, 5.41) is 11.5. The number of nitro groups is 1. The number of benzene rings is 3. The van der Waals surface area contributed by atoms with Crippen LogP contribution in [0.4, 0.5) is 5.69 Å². The SMILES string of the molecule is Cc1ccc(SC(c2ccc(N(C)C)cc2)C(C(=O)c2ccccc2)[N+](=O)[O-])cc1. The van der Waals surface area contributed by atoms with Gasteiger partial charge in [0, 0.05) is 35.2 Å². The van der Waals surface area contributed by atoms with Gasteiger partial charge in [-0.15, -0.1) is 11.8 Å². The van der Waals surface area contributed by atoms with Crippen LogP contribution in [0.1, 0.15) is 26.7 Å². The lowest BCUT2D eigenvalue weighted by atomic mass is 9.97. The maximum Gasteiger partial charge on any atom is 0.290 e. The maximum atomic E-state index is 13.2. The Hall–Kier alpha value is -3.12. The summed E-state index contributed by atoms with van der Waals surface area (Å²) in [5.41, 5.74) is 3.19. The fourth-order valence-corrected chi connectivity index (χ4v) is 4.39. The van der Waals surface area contributed by atoms with Gasteiger partial charge in [-0.05, 0) is 36.8 Å². The predicted octanol–water partition coefficient (Wildman–Crippen LogP) is 5.42. The Kier molecular flexibility index (Phi) is 6.90. The van der Waals surface area contributed by atoms with E-state index >= 15 is 0 Å². The normalized spacial score (nSPS) is 12.8. The predicted molar refractivity (Wildman–Crippen MR) is 122 cm³/mol. The summed E-state index contributed by atoms with van der Waals surface area (Å²) in [7, 11) is 3.87. The number of thioether (sulfide) groups is 1. The summed E-state index contributed by atoms with van der Waals surface area (Å²) in [4.78, 5) is 27.7. The van der Waals surface area contributed by atoms with Crippen molar-refractivity contribution in [1.29, 1.82) is 0 Å². The second kappa shape index (κ2) is 9.59. The highest BCUT2D eigenvalue weighted by atomic mass is 32.2. The van der Waals surface area contributed by atoms with Gasteiger partial charge in [-0.25, -0.2) is 0 Å². The number of Topliss-reactive ketones (excluding diaryl/α,β-unsaturated/α-hetero) is 1. The fraction of sp³-hybridized carbons (Fsp3) is 0.208. The van der Waals surface area contributed by atoms with E-state index in [0.29, 0.717) is 5.56 Å². The van der Waals surface area contributed by atoms with E-state index in [1.807, 2.05) is 74.4 Å². The Morgan fingerprint density at radius 3 is 2.07 bits per heavy atom. The minimum Gasteiger partial charge on any atom is -0.378 e. The summed E-state index contributed by atoms with van der Waals surface area (Å²) in [5.74, 6) is -0.484. The topological polar surface area (TPSA) is 63.5 Å². The van der Waals surface area contributed by atoms with Gasteiger partial charge >= 0.3 is 0 Å². The van der Waals surface area contributed by atoms with Crippen LogP contribution < -0.4 is 4.90 Å². The number of carbonyl (C=O) groups excluding carboxylic acids is 1. The minimum absolute atomic E-state index is 0.346. The van der Waals surface area contributed by atoms with Crippen LogP contribution in [-0.4, -0.2) is 30.8 Å². The second-order valence-corrected chi connectivity index (χ2v) is 8.51. The molecule has 3 rings (SSSR count). The maximum absolute atomic E-state index is 13.2. The van der Waals surface area contributed by atoms with Crippen molar-refractivity contribution in [3.8, 4) is 0 Å². The highest BCUT2D eigenvalue weighted by Gasteiger charge is 2.40.